The van der Waals surface area contributed by atoms with Crippen molar-refractivity contribution in [2.75, 3.05) is 0 Å². The number of aromatic carboxylic acids is 1. The number of carboxylic acids is 1. The third kappa shape index (κ3) is 2.49. The molecule has 0 saturated heterocycles. The molecule has 6 heteroatoms. The highest BCUT2D eigenvalue weighted by atomic mass is 16.5. The van der Waals surface area contributed by atoms with Crippen molar-refractivity contribution >= 4 is 5.97 Å². The summed E-state index contributed by atoms with van der Waals surface area (Å²) in [5.41, 5.74) is -0.176. The maximum atomic E-state index is 10.7. The van der Waals surface area contributed by atoms with Crippen LogP contribution < -0.4 is 4.74 Å². The highest BCUT2D eigenvalue weighted by Gasteiger charge is 2.09. The molecule has 0 spiro atoms. The third-order valence-electron chi connectivity index (χ3n) is 1.92. The van der Waals surface area contributed by atoms with Gasteiger partial charge in [-0.2, -0.15) is 4.98 Å². The van der Waals surface area contributed by atoms with E-state index in [0.717, 1.165) is 0 Å². The molecule has 0 fully saturated rings. The standard InChI is InChI=1S/C11H8N2O4/c14-8-3-1-2-4-9(8)17-11-12-6-5-7(13-11)10(15)16/h1-6,14H,(H,15,16). The van der Waals surface area contributed by atoms with Crippen LogP contribution in [0.15, 0.2) is 36.5 Å². The Hall–Kier alpha value is -2.63. The molecule has 1 aromatic heterocycles. The van der Waals surface area contributed by atoms with E-state index in [1.165, 1.54) is 24.4 Å². The fourth-order valence-electron chi connectivity index (χ4n) is 1.15. The van der Waals surface area contributed by atoms with Crippen LogP contribution in [0.1, 0.15) is 10.5 Å². The molecule has 0 amide bonds. The van der Waals surface area contributed by atoms with Gasteiger partial charge in [0.05, 0.1) is 0 Å². The summed E-state index contributed by atoms with van der Waals surface area (Å²) in [5, 5.41) is 18.2. The molecule has 17 heavy (non-hydrogen) atoms. The summed E-state index contributed by atoms with van der Waals surface area (Å²) in [6, 6.07) is 7.38. The van der Waals surface area contributed by atoms with Crippen LogP contribution in [0.4, 0.5) is 0 Å². The first kappa shape index (κ1) is 10.9. The number of aromatic nitrogens is 2. The minimum absolute atomic E-state index is 0.0724. The van der Waals surface area contributed by atoms with Crippen molar-refractivity contribution in [2.45, 2.75) is 0 Å². The van der Waals surface area contributed by atoms with Crippen molar-refractivity contribution in [3.05, 3.63) is 42.2 Å². The van der Waals surface area contributed by atoms with Crippen LogP contribution >= 0.6 is 0 Å². The quantitative estimate of drug-likeness (QED) is 0.836. The zero-order valence-corrected chi connectivity index (χ0v) is 8.57. The Kier molecular flexibility index (Phi) is 2.87. The molecule has 0 atom stereocenters. The number of hydrogen-bond donors (Lipinski definition) is 2. The first-order chi connectivity index (χ1) is 8.16. The highest BCUT2D eigenvalue weighted by molar-refractivity contribution is 5.85. The highest BCUT2D eigenvalue weighted by Crippen LogP contribution is 2.27. The number of nitrogens with zero attached hydrogens (tertiary/aromatic N) is 2. The van der Waals surface area contributed by atoms with Gasteiger partial charge in [-0.25, -0.2) is 9.78 Å². The Labute approximate surface area is 96.2 Å². The molecule has 2 N–H and O–H groups in total. The molecular formula is C11H8N2O4. The lowest BCUT2D eigenvalue weighted by atomic mass is 10.3. The van der Waals surface area contributed by atoms with Gasteiger partial charge in [0, 0.05) is 6.20 Å². The molecule has 2 rings (SSSR count). The van der Waals surface area contributed by atoms with Crippen LogP contribution in [-0.4, -0.2) is 26.2 Å². The number of ether oxygens (including phenoxy) is 1. The predicted molar refractivity (Wildman–Crippen MR) is 57.2 cm³/mol. The Morgan fingerprint density at radius 3 is 2.71 bits per heavy atom. The van der Waals surface area contributed by atoms with Gasteiger partial charge in [-0.05, 0) is 18.2 Å². The Morgan fingerprint density at radius 2 is 2.00 bits per heavy atom. The van der Waals surface area contributed by atoms with E-state index in [0.29, 0.717) is 0 Å². The monoisotopic (exact) mass is 232 g/mol. The molecule has 0 aliphatic rings. The first-order valence-corrected chi connectivity index (χ1v) is 4.69. The molecule has 0 saturated carbocycles. The minimum Gasteiger partial charge on any atom is -0.504 e. The van der Waals surface area contributed by atoms with E-state index in [2.05, 4.69) is 9.97 Å². The largest absolute Gasteiger partial charge is 0.504 e. The summed E-state index contributed by atoms with van der Waals surface area (Å²) in [5.74, 6) is -1.08. The van der Waals surface area contributed by atoms with Gasteiger partial charge < -0.3 is 14.9 Å². The normalized spacial score (nSPS) is 9.88. The number of aromatic hydroxyl groups is 1. The van der Waals surface area contributed by atoms with E-state index in [1.54, 1.807) is 12.1 Å². The number of carboxylic acid groups (broad SMARTS) is 1. The minimum atomic E-state index is -1.17. The predicted octanol–water partition coefficient (Wildman–Crippen LogP) is 1.67. The summed E-state index contributed by atoms with van der Waals surface area (Å²) in [6.07, 6.45) is 1.27. The smallest absolute Gasteiger partial charge is 0.354 e. The van der Waals surface area contributed by atoms with Crippen molar-refractivity contribution in [1.29, 1.82) is 0 Å². The summed E-state index contributed by atoms with van der Waals surface area (Å²) >= 11 is 0. The molecule has 6 nitrogen and oxygen atoms in total. The Balaban J connectivity index is 2.28. The average molecular weight is 232 g/mol. The fourth-order valence-corrected chi connectivity index (χ4v) is 1.15. The molecule has 0 bridgehead atoms. The number of para-hydroxylation sites is 2. The molecule has 0 aliphatic carbocycles. The summed E-state index contributed by atoms with van der Waals surface area (Å²) in [7, 11) is 0. The van der Waals surface area contributed by atoms with Crippen LogP contribution in [0.3, 0.4) is 0 Å². The number of rotatable bonds is 3. The lowest BCUT2D eigenvalue weighted by Crippen LogP contribution is -2.02. The zero-order valence-electron chi connectivity index (χ0n) is 8.57. The topological polar surface area (TPSA) is 92.5 Å². The molecule has 0 radical (unpaired) electrons. The van der Waals surface area contributed by atoms with Gasteiger partial charge in [0.25, 0.3) is 0 Å². The number of phenolic OH excluding ortho intramolecular Hbond substituents is 1. The third-order valence-corrected chi connectivity index (χ3v) is 1.92. The average Bonchev–Trinajstić information content (AvgIpc) is 2.32. The number of carbonyl (C=O) groups is 1. The second-order valence-electron chi connectivity index (χ2n) is 3.10. The van der Waals surface area contributed by atoms with Gasteiger partial charge in [-0.3, -0.25) is 0 Å². The second-order valence-corrected chi connectivity index (χ2v) is 3.10. The molecule has 86 valence electrons. The van der Waals surface area contributed by atoms with Crippen molar-refractivity contribution in [2.24, 2.45) is 0 Å². The first-order valence-electron chi connectivity index (χ1n) is 4.69. The van der Waals surface area contributed by atoms with E-state index in [9.17, 15) is 9.90 Å². The summed E-state index contributed by atoms with van der Waals surface area (Å²) < 4.78 is 5.16. The maximum Gasteiger partial charge on any atom is 0.354 e. The second kappa shape index (κ2) is 4.48. The van der Waals surface area contributed by atoms with Crippen molar-refractivity contribution in [1.82, 2.24) is 9.97 Å². The van der Waals surface area contributed by atoms with Gasteiger partial charge in [-0.1, -0.05) is 12.1 Å². The van der Waals surface area contributed by atoms with Gasteiger partial charge in [-0.15, -0.1) is 0 Å². The molecule has 0 unspecified atom stereocenters. The van der Waals surface area contributed by atoms with Crippen LogP contribution in [0.5, 0.6) is 17.5 Å². The SMILES string of the molecule is O=C(O)c1ccnc(Oc2ccccc2O)n1. The van der Waals surface area contributed by atoms with Gasteiger partial charge in [0.2, 0.25) is 0 Å². The van der Waals surface area contributed by atoms with E-state index >= 15 is 0 Å². The lowest BCUT2D eigenvalue weighted by Gasteiger charge is -2.05. The van der Waals surface area contributed by atoms with Gasteiger partial charge in [0.1, 0.15) is 0 Å². The Bertz CT molecular complexity index is 557. The van der Waals surface area contributed by atoms with Crippen LogP contribution in [0, 0.1) is 0 Å². The summed E-state index contributed by atoms with van der Waals surface area (Å²) in [6.45, 7) is 0. The van der Waals surface area contributed by atoms with Crippen molar-refractivity contribution < 1.29 is 19.7 Å². The lowest BCUT2D eigenvalue weighted by molar-refractivity contribution is 0.0689. The number of hydrogen-bond acceptors (Lipinski definition) is 5. The zero-order chi connectivity index (χ0) is 12.3. The molecular weight excluding hydrogens is 224 g/mol. The molecule has 0 aliphatic heterocycles. The van der Waals surface area contributed by atoms with Gasteiger partial charge >= 0.3 is 12.0 Å². The fraction of sp³-hybridized carbons (Fsp3) is 0. The van der Waals surface area contributed by atoms with E-state index in [4.69, 9.17) is 9.84 Å². The summed E-state index contributed by atoms with van der Waals surface area (Å²) in [4.78, 5) is 18.1. The molecule has 1 heterocycles. The maximum absolute atomic E-state index is 10.7. The van der Waals surface area contributed by atoms with Crippen molar-refractivity contribution in [3.8, 4) is 17.5 Å². The van der Waals surface area contributed by atoms with E-state index < -0.39 is 5.97 Å². The van der Waals surface area contributed by atoms with Crippen LogP contribution in [0.2, 0.25) is 0 Å². The Morgan fingerprint density at radius 1 is 1.24 bits per heavy atom. The van der Waals surface area contributed by atoms with E-state index in [1.807, 2.05) is 0 Å². The number of phenols is 1. The van der Waals surface area contributed by atoms with E-state index in [-0.39, 0.29) is 23.2 Å². The van der Waals surface area contributed by atoms with Crippen molar-refractivity contribution in [3.63, 3.8) is 0 Å². The van der Waals surface area contributed by atoms with Crippen LogP contribution in [0.25, 0.3) is 0 Å². The van der Waals surface area contributed by atoms with Gasteiger partial charge in [0.15, 0.2) is 17.2 Å². The molecule has 2 aromatic rings. The number of benzene rings is 1. The van der Waals surface area contributed by atoms with Crippen LogP contribution in [-0.2, 0) is 0 Å². The molecule has 1 aromatic carbocycles.